The summed E-state index contributed by atoms with van der Waals surface area (Å²) in [7, 11) is 0. The predicted octanol–water partition coefficient (Wildman–Crippen LogP) is 3.71. The van der Waals surface area contributed by atoms with Gasteiger partial charge in [-0.1, -0.05) is 42.5 Å². The summed E-state index contributed by atoms with van der Waals surface area (Å²) in [6.07, 6.45) is -0.761. The summed E-state index contributed by atoms with van der Waals surface area (Å²) in [5.41, 5.74) is 0.955. The van der Waals surface area contributed by atoms with Gasteiger partial charge in [-0.2, -0.15) is 0 Å². The van der Waals surface area contributed by atoms with Crippen LogP contribution in [0.2, 0.25) is 0 Å². The fourth-order valence-electron chi connectivity index (χ4n) is 2.58. The van der Waals surface area contributed by atoms with Gasteiger partial charge in [0.15, 0.2) is 11.4 Å². The Morgan fingerprint density at radius 2 is 1.68 bits per heavy atom. The van der Waals surface area contributed by atoms with Crippen LogP contribution in [0, 0.1) is 0 Å². The summed E-state index contributed by atoms with van der Waals surface area (Å²) >= 11 is 0. The first-order valence-electron chi connectivity index (χ1n) is 7.84. The topological polar surface area (TPSA) is 77.8 Å². The molecular formula is C19H17NO5. The van der Waals surface area contributed by atoms with Gasteiger partial charge >= 0.3 is 12.1 Å². The van der Waals surface area contributed by atoms with E-state index in [0.29, 0.717) is 10.9 Å². The van der Waals surface area contributed by atoms with E-state index >= 15 is 0 Å². The standard InChI is InChI=1S/C19H17NO5/c1-2-24-18(22)16-17(21)14-10-6-7-11-15(14)20(16)19(23)25-12-13-8-4-3-5-9-13/h3-11,21H,2,12H2,1H3. The van der Waals surface area contributed by atoms with E-state index in [1.165, 1.54) is 0 Å². The third kappa shape index (κ3) is 3.19. The zero-order chi connectivity index (χ0) is 17.8. The molecule has 0 aliphatic heterocycles. The van der Waals surface area contributed by atoms with E-state index in [-0.39, 0.29) is 24.7 Å². The van der Waals surface area contributed by atoms with Gasteiger partial charge in [0.05, 0.1) is 12.1 Å². The lowest BCUT2D eigenvalue weighted by molar-refractivity contribution is 0.0507. The predicted molar refractivity (Wildman–Crippen MR) is 91.6 cm³/mol. The number of aromatic hydroxyl groups is 1. The Kier molecular flexibility index (Phi) is 4.70. The molecule has 1 heterocycles. The Morgan fingerprint density at radius 1 is 1.00 bits per heavy atom. The number of rotatable bonds is 4. The second-order valence-corrected chi connectivity index (χ2v) is 5.31. The normalized spacial score (nSPS) is 10.6. The molecule has 0 aliphatic rings. The molecule has 3 aromatic rings. The summed E-state index contributed by atoms with van der Waals surface area (Å²) in [6, 6.07) is 15.8. The highest BCUT2D eigenvalue weighted by atomic mass is 16.6. The minimum Gasteiger partial charge on any atom is -0.505 e. The highest BCUT2D eigenvalue weighted by Gasteiger charge is 2.28. The van der Waals surface area contributed by atoms with Gasteiger partial charge in [0.2, 0.25) is 0 Å². The minimum atomic E-state index is -0.784. The third-order valence-electron chi connectivity index (χ3n) is 3.70. The molecule has 6 heteroatoms. The van der Waals surface area contributed by atoms with Gasteiger partial charge in [-0.25, -0.2) is 14.2 Å². The van der Waals surface area contributed by atoms with Crippen LogP contribution in [0.4, 0.5) is 4.79 Å². The Labute approximate surface area is 144 Å². The molecule has 0 unspecified atom stereocenters. The lowest BCUT2D eigenvalue weighted by atomic mass is 10.2. The molecule has 0 saturated carbocycles. The molecule has 3 rings (SSSR count). The molecule has 0 amide bonds. The molecular weight excluding hydrogens is 322 g/mol. The van der Waals surface area contributed by atoms with Gasteiger partial charge in [-0.3, -0.25) is 0 Å². The maximum atomic E-state index is 12.6. The fraction of sp³-hybridized carbons (Fsp3) is 0.158. The van der Waals surface area contributed by atoms with Crippen LogP contribution in [0.3, 0.4) is 0 Å². The molecule has 25 heavy (non-hydrogen) atoms. The van der Waals surface area contributed by atoms with Crippen molar-refractivity contribution in [1.82, 2.24) is 4.57 Å². The average molecular weight is 339 g/mol. The molecule has 1 aromatic heterocycles. The molecule has 2 aromatic carbocycles. The molecule has 0 fully saturated rings. The average Bonchev–Trinajstić information content (AvgIpc) is 2.94. The largest absolute Gasteiger partial charge is 0.505 e. The number of para-hydroxylation sites is 1. The lowest BCUT2D eigenvalue weighted by Gasteiger charge is -2.10. The van der Waals surface area contributed by atoms with Crippen molar-refractivity contribution in [2.45, 2.75) is 13.5 Å². The molecule has 6 nitrogen and oxygen atoms in total. The van der Waals surface area contributed by atoms with Crippen molar-refractivity contribution in [2.24, 2.45) is 0 Å². The van der Waals surface area contributed by atoms with E-state index in [1.807, 2.05) is 30.3 Å². The van der Waals surface area contributed by atoms with Gasteiger partial charge in [0.1, 0.15) is 6.61 Å². The maximum Gasteiger partial charge on any atom is 0.419 e. The molecule has 0 saturated heterocycles. The number of fused-ring (bicyclic) bond motifs is 1. The first-order valence-corrected chi connectivity index (χ1v) is 7.84. The van der Waals surface area contributed by atoms with Gasteiger partial charge in [-0.05, 0) is 24.6 Å². The van der Waals surface area contributed by atoms with E-state index in [2.05, 4.69) is 0 Å². The van der Waals surface area contributed by atoms with Crippen LogP contribution >= 0.6 is 0 Å². The number of carbonyl (C=O) groups excluding carboxylic acids is 2. The van der Waals surface area contributed by atoms with Crippen molar-refractivity contribution in [3.8, 4) is 5.75 Å². The number of hydrogen-bond donors (Lipinski definition) is 1. The zero-order valence-electron chi connectivity index (χ0n) is 13.6. The van der Waals surface area contributed by atoms with Crippen molar-refractivity contribution in [3.05, 3.63) is 65.9 Å². The number of hydrogen-bond acceptors (Lipinski definition) is 5. The first-order chi connectivity index (χ1) is 12.1. The summed E-state index contributed by atoms with van der Waals surface area (Å²) in [4.78, 5) is 24.8. The van der Waals surface area contributed by atoms with E-state index < -0.39 is 12.1 Å². The second kappa shape index (κ2) is 7.09. The molecule has 0 aliphatic carbocycles. The Morgan fingerprint density at radius 3 is 2.40 bits per heavy atom. The number of esters is 1. The monoisotopic (exact) mass is 339 g/mol. The summed E-state index contributed by atoms with van der Waals surface area (Å²) in [6.45, 7) is 1.82. The summed E-state index contributed by atoms with van der Waals surface area (Å²) in [5, 5.41) is 10.7. The molecule has 0 radical (unpaired) electrons. The quantitative estimate of drug-likeness (QED) is 0.733. The van der Waals surface area contributed by atoms with E-state index in [1.54, 1.807) is 31.2 Å². The van der Waals surface area contributed by atoms with Crippen molar-refractivity contribution in [1.29, 1.82) is 0 Å². The van der Waals surface area contributed by atoms with Crippen LogP contribution in [-0.2, 0) is 16.1 Å². The van der Waals surface area contributed by atoms with E-state index in [9.17, 15) is 14.7 Å². The van der Waals surface area contributed by atoms with Crippen LogP contribution in [-0.4, -0.2) is 28.3 Å². The van der Waals surface area contributed by atoms with Crippen molar-refractivity contribution < 1.29 is 24.2 Å². The van der Waals surface area contributed by atoms with Gasteiger partial charge in [-0.15, -0.1) is 0 Å². The molecule has 1 N–H and O–H groups in total. The summed E-state index contributed by atoms with van der Waals surface area (Å²) in [5.74, 6) is -1.08. The first kappa shape index (κ1) is 16.6. The van der Waals surface area contributed by atoms with Crippen LogP contribution in [0.1, 0.15) is 23.0 Å². The number of nitrogens with zero attached hydrogens (tertiary/aromatic N) is 1. The van der Waals surface area contributed by atoms with Crippen LogP contribution in [0.25, 0.3) is 10.9 Å². The van der Waals surface area contributed by atoms with Gasteiger partial charge in [0, 0.05) is 5.39 Å². The molecule has 0 bridgehead atoms. The number of aromatic nitrogens is 1. The fourth-order valence-corrected chi connectivity index (χ4v) is 2.58. The lowest BCUT2D eigenvalue weighted by Crippen LogP contribution is -2.20. The van der Waals surface area contributed by atoms with Crippen molar-refractivity contribution in [3.63, 3.8) is 0 Å². The van der Waals surface area contributed by atoms with Crippen molar-refractivity contribution in [2.75, 3.05) is 6.61 Å². The molecule has 128 valence electrons. The molecule has 0 spiro atoms. The summed E-state index contributed by atoms with van der Waals surface area (Å²) < 4.78 is 11.3. The SMILES string of the molecule is CCOC(=O)c1c(O)c2ccccc2n1C(=O)OCc1ccccc1. The smallest absolute Gasteiger partial charge is 0.419 e. The van der Waals surface area contributed by atoms with Gasteiger partial charge in [0.25, 0.3) is 0 Å². The van der Waals surface area contributed by atoms with Crippen LogP contribution < -0.4 is 0 Å². The highest BCUT2D eigenvalue weighted by molar-refractivity contribution is 6.06. The molecule has 0 atom stereocenters. The second-order valence-electron chi connectivity index (χ2n) is 5.31. The zero-order valence-corrected chi connectivity index (χ0v) is 13.6. The van der Waals surface area contributed by atoms with Crippen LogP contribution in [0.5, 0.6) is 5.75 Å². The van der Waals surface area contributed by atoms with Crippen molar-refractivity contribution >= 4 is 23.0 Å². The third-order valence-corrected chi connectivity index (χ3v) is 3.70. The van der Waals surface area contributed by atoms with Gasteiger partial charge < -0.3 is 14.6 Å². The maximum absolute atomic E-state index is 12.6. The number of benzene rings is 2. The van der Waals surface area contributed by atoms with E-state index in [0.717, 1.165) is 10.1 Å². The highest BCUT2D eigenvalue weighted by Crippen LogP contribution is 2.32. The number of carbonyl (C=O) groups is 2. The Bertz CT molecular complexity index is 914. The minimum absolute atomic E-state index is 0.0508. The number of ether oxygens (including phenoxy) is 2. The van der Waals surface area contributed by atoms with Crippen LogP contribution in [0.15, 0.2) is 54.6 Å². The Balaban J connectivity index is 1.99. The van der Waals surface area contributed by atoms with E-state index in [4.69, 9.17) is 9.47 Å². The Hall–Kier alpha value is -3.28.